The molecule has 0 saturated heterocycles. The van der Waals surface area contributed by atoms with Crippen LogP contribution in [-0.2, 0) is 31.9 Å². The van der Waals surface area contributed by atoms with Gasteiger partial charge in [-0.1, -0.05) is 137 Å². The molecule has 3 nitrogen and oxygen atoms in total. The summed E-state index contributed by atoms with van der Waals surface area (Å²) in [5.74, 6) is 1.40. The third-order valence-corrected chi connectivity index (χ3v) is 13.2. The summed E-state index contributed by atoms with van der Waals surface area (Å²) >= 11 is 0. The van der Waals surface area contributed by atoms with Crippen LogP contribution in [0.3, 0.4) is 0 Å². The Labute approximate surface area is 337 Å². The number of fused-ring (bicyclic) bond motifs is 3. The molecule has 1 radical (unpaired) electrons. The molecule has 0 bridgehead atoms. The number of aromatic nitrogens is 2. The summed E-state index contributed by atoms with van der Waals surface area (Å²) in [7, 11) is -1.34. The van der Waals surface area contributed by atoms with Crippen molar-refractivity contribution < 1.29 is 24.5 Å². The van der Waals surface area contributed by atoms with Crippen molar-refractivity contribution in [3.05, 3.63) is 139 Å². The number of nitrogens with zero attached hydrogens (tertiary/aromatic N) is 2. The van der Waals surface area contributed by atoms with E-state index in [9.17, 15) is 0 Å². The Hall–Kier alpha value is -4.15. The van der Waals surface area contributed by atoms with Gasteiger partial charge in [-0.3, -0.25) is 0 Å². The van der Waals surface area contributed by atoms with Crippen LogP contribution in [0.5, 0.6) is 0 Å². The molecule has 0 N–H and O–H groups in total. The molecule has 0 atom stereocenters. The van der Waals surface area contributed by atoms with E-state index in [0.29, 0.717) is 5.92 Å². The van der Waals surface area contributed by atoms with Gasteiger partial charge in [0.15, 0.2) is 0 Å². The molecule has 0 unspecified atom stereocenters. The van der Waals surface area contributed by atoms with Crippen LogP contribution in [-0.4, -0.2) is 18.0 Å². The molecule has 1 fully saturated rings. The van der Waals surface area contributed by atoms with Crippen molar-refractivity contribution >= 4 is 35.2 Å². The molecule has 7 aromatic rings. The van der Waals surface area contributed by atoms with Gasteiger partial charge in [0.25, 0.3) is 0 Å². The number of hydrogen-bond acceptors (Lipinski definition) is 3. The van der Waals surface area contributed by atoms with Crippen molar-refractivity contribution in [1.29, 1.82) is 0 Å². The number of furan rings is 1. The Morgan fingerprint density at radius 2 is 1.52 bits per heavy atom. The zero-order valence-electron chi connectivity index (χ0n) is 32.8. The molecule has 3 heterocycles. The van der Waals surface area contributed by atoms with Crippen molar-refractivity contribution in [2.24, 2.45) is 11.8 Å². The zero-order chi connectivity index (χ0) is 37.2. The third kappa shape index (κ3) is 8.39. The maximum absolute atomic E-state index is 6.58. The number of hydrogen-bond donors (Lipinski definition) is 0. The zero-order valence-corrected chi connectivity index (χ0v) is 36.2. The van der Waals surface area contributed by atoms with Gasteiger partial charge in [-0.2, -0.15) is 0 Å². The molecule has 0 spiro atoms. The van der Waals surface area contributed by atoms with Crippen LogP contribution in [0.15, 0.2) is 120 Å². The molecule has 8 rings (SSSR count). The van der Waals surface area contributed by atoms with E-state index in [2.05, 4.69) is 143 Å². The standard InChI is InChI=1S/C31H28NO.C18H24NSi.Ir/c1-31(2,22-12-6-7-13-22)23-18-19-32-28(20-23)27-17-9-16-26-25-15-8-14-24(29(25)33-30(26)27)21-10-4-3-5-11-21;1-14(2)11-16-12-17(15-9-7-6-8-10-15)19-13-18(16)20(3,4)5;/h3-5,8-11,14-16,18-20,22H,6-7,12-13H2,1-2H3;6-9,12-14H,11H2,1-5H3;/q2*-1;. The fourth-order valence-corrected chi connectivity index (χ4v) is 9.72. The minimum atomic E-state index is -1.34. The first kappa shape index (κ1) is 39.5. The summed E-state index contributed by atoms with van der Waals surface area (Å²) < 4.78 is 6.58. The van der Waals surface area contributed by atoms with Crippen LogP contribution in [0.4, 0.5) is 0 Å². The molecule has 0 amide bonds. The van der Waals surface area contributed by atoms with Crippen molar-refractivity contribution in [2.45, 2.75) is 84.9 Å². The smallest absolute Gasteiger partial charge is 0.128 e. The van der Waals surface area contributed by atoms with E-state index in [1.54, 1.807) is 0 Å². The summed E-state index contributed by atoms with van der Waals surface area (Å²) in [6, 6.07) is 42.4. The predicted molar refractivity (Wildman–Crippen MR) is 226 cm³/mol. The monoisotopic (exact) mass is 905 g/mol. The first-order valence-corrected chi connectivity index (χ1v) is 22.9. The van der Waals surface area contributed by atoms with Gasteiger partial charge >= 0.3 is 0 Å². The van der Waals surface area contributed by atoms with Gasteiger partial charge in [0.1, 0.15) is 5.58 Å². The number of rotatable bonds is 8. The average Bonchev–Trinajstić information content (AvgIpc) is 3.85. The molecule has 4 aromatic carbocycles. The Kier molecular flexibility index (Phi) is 12.2. The summed E-state index contributed by atoms with van der Waals surface area (Å²) in [5.41, 5.74) is 11.0. The topological polar surface area (TPSA) is 38.9 Å². The molecule has 3 aromatic heterocycles. The van der Waals surface area contributed by atoms with E-state index in [-0.39, 0.29) is 25.5 Å². The number of benzene rings is 4. The molecular weight excluding hydrogens is 853 g/mol. The molecule has 279 valence electrons. The van der Waals surface area contributed by atoms with Crippen molar-refractivity contribution in [2.75, 3.05) is 0 Å². The normalized spacial score (nSPS) is 13.6. The number of pyridine rings is 2. The van der Waals surface area contributed by atoms with Gasteiger partial charge in [-0.15, -0.1) is 54.1 Å². The molecule has 1 aliphatic carbocycles. The van der Waals surface area contributed by atoms with Crippen molar-refractivity contribution in [3.63, 3.8) is 0 Å². The second-order valence-corrected chi connectivity index (χ2v) is 21.8. The summed E-state index contributed by atoms with van der Waals surface area (Å²) in [4.78, 5) is 9.45. The van der Waals surface area contributed by atoms with Crippen LogP contribution in [0.25, 0.3) is 55.6 Å². The van der Waals surface area contributed by atoms with Gasteiger partial charge in [-0.05, 0) is 70.3 Å². The van der Waals surface area contributed by atoms with E-state index in [4.69, 9.17) is 9.40 Å². The quantitative estimate of drug-likeness (QED) is 0.113. The van der Waals surface area contributed by atoms with E-state index >= 15 is 0 Å². The SMILES string of the molecule is CC(C)(c1ccnc(-c2[c-]ccc3c2oc2c(-c4ccccc4)cccc23)c1)C1CCCC1.CC(C)Cc1cc(-c2[c-]cccc2)ncc1[Si](C)(C)C.[Ir]. The van der Waals surface area contributed by atoms with Crippen molar-refractivity contribution in [1.82, 2.24) is 9.97 Å². The Bertz CT molecular complexity index is 2320. The molecular formula is C49H52IrN2OSi-2. The fraction of sp³-hybridized carbons (Fsp3) is 0.306. The van der Waals surface area contributed by atoms with Crippen LogP contribution in [0, 0.1) is 24.0 Å². The Morgan fingerprint density at radius 1 is 0.778 bits per heavy atom. The van der Waals surface area contributed by atoms with Crippen LogP contribution >= 0.6 is 0 Å². The summed E-state index contributed by atoms with van der Waals surface area (Å²) in [6.45, 7) is 16.5. The molecule has 1 saturated carbocycles. The minimum absolute atomic E-state index is 0. The predicted octanol–water partition coefficient (Wildman–Crippen LogP) is 12.9. The van der Waals surface area contributed by atoms with E-state index in [1.807, 2.05) is 36.5 Å². The van der Waals surface area contributed by atoms with Crippen LogP contribution in [0.2, 0.25) is 19.6 Å². The van der Waals surface area contributed by atoms with E-state index in [1.165, 1.54) is 42.0 Å². The summed E-state index contributed by atoms with van der Waals surface area (Å²) in [5, 5.41) is 3.73. The van der Waals surface area contributed by atoms with Gasteiger partial charge in [0.2, 0.25) is 0 Å². The average molecular weight is 905 g/mol. The second kappa shape index (κ2) is 16.7. The van der Waals surface area contributed by atoms with Crippen LogP contribution < -0.4 is 5.19 Å². The number of para-hydroxylation sites is 1. The molecule has 54 heavy (non-hydrogen) atoms. The molecule has 1 aliphatic rings. The van der Waals surface area contributed by atoms with Gasteiger partial charge < -0.3 is 14.4 Å². The Morgan fingerprint density at radius 3 is 2.22 bits per heavy atom. The minimum Gasteiger partial charge on any atom is -0.500 e. The summed E-state index contributed by atoms with van der Waals surface area (Å²) in [6.07, 6.45) is 10.5. The van der Waals surface area contributed by atoms with Gasteiger partial charge in [-0.25, -0.2) is 0 Å². The van der Waals surface area contributed by atoms with Gasteiger partial charge in [0, 0.05) is 43.4 Å². The molecule has 5 heteroatoms. The van der Waals surface area contributed by atoms with Crippen molar-refractivity contribution in [3.8, 4) is 33.6 Å². The molecule has 0 aliphatic heterocycles. The van der Waals surface area contributed by atoms with E-state index in [0.717, 1.165) is 67.9 Å². The first-order chi connectivity index (χ1) is 25.5. The first-order valence-electron chi connectivity index (χ1n) is 19.4. The maximum Gasteiger partial charge on any atom is 0.128 e. The van der Waals surface area contributed by atoms with Gasteiger partial charge in [0.05, 0.1) is 13.7 Å². The maximum atomic E-state index is 6.58. The van der Waals surface area contributed by atoms with Crippen LogP contribution in [0.1, 0.15) is 64.5 Å². The largest absolute Gasteiger partial charge is 0.500 e. The van der Waals surface area contributed by atoms with E-state index < -0.39 is 8.07 Å². The third-order valence-electron chi connectivity index (χ3n) is 11.1. The Balaban J connectivity index is 0.000000205. The second-order valence-electron chi connectivity index (χ2n) is 16.7. The fourth-order valence-electron chi connectivity index (χ4n) is 8.13.